The molecule has 1 aromatic carbocycles. The number of aryl methyl sites for hydroxylation is 2. The van der Waals surface area contributed by atoms with Crippen LogP contribution < -0.4 is 4.74 Å². The van der Waals surface area contributed by atoms with E-state index in [0.717, 1.165) is 17.1 Å². The van der Waals surface area contributed by atoms with Crippen molar-refractivity contribution >= 4 is 5.91 Å². The highest BCUT2D eigenvalue weighted by atomic mass is 16.5. The van der Waals surface area contributed by atoms with Gasteiger partial charge in [-0.3, -0.25) is 4.79 Å². The molecule has 4 nitrogen and oxygen atoms in total. The van der Waals surface area contributed by atoms with Gasteiger partial charge in [0.15, 0.2) is 0 Å². The first-order chi connectivity index (χ1) is 10.0. The largest absolute Gasteiger partial charge is 0.494 e. The quantitative estimate of drug-likeness (QED) is 0.844. The molecular weight excluding hydrogens is 266 g/mol. The molecule has 112 valence electrons. The molecule has 0 aliphatic carbocycles. The number of ether oxygens (including phenoxy) is 1. The lowest BCUT2D eigenvalue weighted by Crippen LogP contribution is -2.26. The molecule has 4 heteroatoms. The average Bonchev–Trinajstić information content (AvgIpc) is 2.79. The predicted octanol–water partition coefficient (Wildman–Crippen LogP) is 3.57. The standard InChI is InChI=1S/C17H21NO3/c1-5-20-15-8-6-14(7-9-15)11-18(4)17(19)16-10-12(2)21-13(16)3/h6-10H,5,11H2,1-4H3. The van der Waals surface area contributed by atoms with Crippen LogP contribution in [0.4, 0.5) is 0 Å². The van der Waals surface area contributed by atoms with Crippen LogP contribution in [0, 0.1) is 13.8 Å². The Morgan fingerprint density at radius 1 is 1.24 bits per heavy atom. The van der Waals surface area contributed by atoms with Gasteiger partial charge < -0.3 is 14.1 Å². The third kappa shape index (κ3) is 3.66. The summed E-state index contributed by atoms with van der Waals surface area (Å²) in [6.07, 6.45) is 0. The number of hydrogen-bond donors (Lipinski definition) is 0. The molecule has 0 unspecified atom stereocenters. The molecule has 0 saturated carbocycles. The van der Waals surface area contributed by atoms with E-state index < -0.39 is 0 Å². The fraction of sp³-hybridized carbons (Fsp3) is 0.353. The Bertz CT molecular complexity index is 613. The van der Waals surface area contributed by atoms with Crippen molar-refractivity contribution in [1.29, 1.82) is 0 Å². The van der Waals surface area contributed by atoms with Crippen LogP contribution in [0.1, 0.15) is 34.4 Å². The molecule has 0 saturated heterocycles. The summed E-state index contributed by atoms with van der Waals surface area (Å²) in [5.74, 6) is 2.23. The summed E-state index contributed by atoms with van der Waals surface area (Å²) in [6, 6.07) is 9.58. The van der Waals surface area contributed by atoms with Gasteiger partial charge in [-0.15, -0.1) is 0 Å². The Morgan fingerprint density at radius 2 is 1.90 bits per heavy atom. The first-order valence-electron chi connectivity index (χ1n) is 7.05. The average molecular weight is 287 g/mol. The number of carbonyl (C=O) groups is 1. The Morgan fingerprint density at radius 3 is 2.43 bits per heavy atom. The maximum absolute atomic E-state index is 12.4. The summed E-state index contributed by atoms with van der Waals surface area (Å²) in [4.78, 5) is 14.1. The minimum atomic E-state index is -0.0294. The Hall–Kier alpha value is -2.23. The van der Waals surface area contributed by atoms with Crippen LogP contribution >= 0.6 is 0 Å². The van der Waals surface area contributed by atoms with E-state index in [9.17, 15) is 4.79 Å². The van der Waals surface area contributed by atoms with Gasteiger partial charge in [0.25, 0.3) is 5.91 Å². The molecule has 1 aromatic heterocycles. The third-order valence-corrected chi connectivity index (χ3v) is 3.27. The van der Waals surface area contributed by atoms with Crippen molar-refractivity contribution < 1.29 is 13.9 Å². The molecule has 21 heavy (non-hydrogen) atoms. The molecule has 2 rings (SSSR count). The van der Waals surface area contributed by atoms with Crippen LogP contribution in [0.3, 0.4) is 0 Å². The Kier molecular flexibility index (Phi) is 4.68. The molecule has 0 radical (unpaired) electrons. The van der Waals surface area contributed by atoms with Crippen molar-refractivity contribution in [3.63, 3.8) is 0 Å². The van der Waals surface area contributed by atoms with E-state index in [2.05, 4.69) is 0 Å². The third-order valence-electron chi connectivity index (χ3n) is 3.27. The van der Waals surface area contributed by atoms with Gasteiger partial charge in [-0.1, -0.05) is 12.1 Å². The summed E-state index contributed by atoms with van der Waals surface area (Å²) in [5, 5.41) is 0. The molecule has 1 amide bonds. The van der Waals surface area contributed by atoms with Gasteiger partial charge in [0.05, 0.1) is 12.2 Å². The van der Waals surface area contributed by atoms with E-state index in [1.54, 1.807) is 18.0 Å². The number of carbonyl (C=O) groups excluding carboxylic acids is 1. The molecule has 1 heterocycles. The Labute approximate surface area is 125 Å². The molecule has 0 bridgehead atoms. The lowest BCUT2D eigenvalue weighted by atomic mass is 10.1. The van der Waals surface area contributed by atoms with Crippen molar-refractivity contribution in [3.05, 3.63) is 53.0 Å². The zero-order valence-electron chi connectivity index (χ0n) is 13.0. The van der Waals surface area contributed by atoms with E-state index in [1.807, 2.05) is 45.0 Å². The highest BCUT2D eigenvalue weighted by Crippen LogP contribution is 2.18. The van der Waals surface area contributed by atoms with Crippen LogP contribution in [0.15, 0.2) is 34.7 Å². The monoisotopic (exact) mass is 287 g/mol. The maximum Gasteiger partial charge on any atom is 0.257 e. The summed E-state index contributed by atoms with van der Waals surface area (Å²) in [6.45, 7) is 6.81. The van der Waals surface area contributed by atoms with E-state index in [-0.39, 0.29) is 5.91 Å². The van der Waals surface area contributed by atoms with Gasteiger partial charge in [0, 0.05) is 13.6 Å². The lowest BCUT2D eigenvalue weighted by molar-refractivity contribution is 0.0783. The smallest absolute Gasteiger partial charge is 0.257 e. The maximum atomic E-state index is 12.4. The first kappa shape index (κ1) is 15.2. The second-order valence-electron chi connectivity index (χ2n) is 5.07. The second kappa shape index (κ2) is 6.48. The molecule has 0 N–H and O–H groups in total. The van der Waals surface area contributed by atoms with Crippen LogP contribution in [0.25, 0.3) is 0 Å². The fourth-order valence-corrected chi connectivity index (χ4v) is 2.25. The second-order valence-corrected chi connectivity index (χ2v) is 5.07. The van der Waals surface area contributed by atoms with Gasteiger partial charge >= 0.3 is 0 Å². The molecule has 0 spiro atoms. The number of furan rings is 1. The van der Waals surface area contributed by atoms with Crippen molar-refractivity contribution in [1.82, 2.24) is 4.90 Å². The zero-order chi connectivity index (χ0) is 15.4. The molecule has 0 fully saturated rings. The van der Waals surface area contributed by atoms with Crippen LogP contribution in [-0.4, -0.2) is 24.5 Å². The van der Waals surface area contributed by atoms with Crippen LogP contribution in [0.2, 0.25) is 0 Å². The normalized spacial score (nSPS) is 10.5. The summed E-state index contributed by atoms with van der Waals surface area (Å²) < 4.78 is 10.8. The number of benzene rings is 1. The number of amides is 1. The van der Waals surface area contributed by atoms with Crippen molar-refractivity contribution in [2.24, 2.45) is 0 Å². The van der Waals surface area contributed by atoms with Crippen molar-refractivity contribution in [3.8, 4) is 5.75 Å². The van der Waals surface area contributed by atoms with Crippen LogP contribution in [0.5, 0.6) is 5.75 Å². The van der Waals surface area contributed by atoms with Gasteiger partial charge in [0.2, 0.25) is 0 Å². The van der Waals surface area contributed by atoms with Gasteiger partial charge in [-0.25, -0.2) is 0 Å². The van der Waals surface area contributed by atoms with Gasteiger partial charge in [-0.2, -0.15) is 0 Å². The van der Waals surface area contributed by atoms with Crippen molar-refractivity contribution in [2.75, 3.05) is 13.7 Å². The zero-order valence-corrected chi connectivity index (χ0v) is 13.0. The summed E-state index contributed by atoms with van der Waals surface area (Å²) in [5.41, 5.74) is 1.69. The van der Waals surface area contributed by atoms with E-state index in [1.165, 1.54) is 0 Å². The summed E-state index contributed by atoms with van der Waals surface area (Å²) in [7, 11) is 1.79. The molecule has 2 aromatic rings. The van der Waals surface area contributed by atoms with Crippen molar-refractivity contribution in [2.45, 2.75) is 27.3 Å². The highest BCUT2D eigenvalue weighted by Gasteiger charge is 2.17. The molecule has 0 atom stereocenters. The van der Waals surface area contributed by atoms with E-state index in [4.69, 9.17) is 9.15 Å². The summed E-state index contributed by atoms with van der Waals surface area (Å²) >= 11 is 0. The highest BCUT2D eigenvalue weighted by molar-refractivity contribution is 5.95. The fourth-order valence-electron chi connectivity index (χ4n) is 2.25. The van der Waals surface area contributed by atoms with Crippen LogP contribution in [-0.2, 0) is 6.54 Å². The van der Waals surface area contributed by atoms with E-state index in [0.29, 0.717) is 24.5 Å². The number of rotatable bonds is 5. The van der Waals surface area contributed by atoms with E-state index >= 15 is 0 Å². The number of nitrogens with zero attached hydrogens (tertiary/aromatic N) is 1. The number of hydrogen-bond acceptors (Lipinski definition) is 3. The SMILES string of the molecule is CCOc1ccc(CN(C)C(=O)c2cc(C)oc2C)cc1. The minimum Gasteiger partial charge on any atom is -0.494 e. The van der Waals surface area contributed by atoms with Gasteiger partial charge in [0.1, 0.15) is 17.3 Å². The minimum absolute atomic E-state index is 0.0294. The predicted molar refractivity (Wildman–Crippen MR) is 81.6 cm³/mol. The Balaban J connectivity index is 2.05. The topological polar surface area (TPSA) is 42.7 Å². The molecule has 0 aliphatic heterocycles. The molecule has 0 aliphatic rings. The lowest BCUT2D eigenvalue weighted by Gasteiger charge is -2.17. The molecular formula is C17H21NO3. The first-order valence-corrected chi connectivity index (χ1v) is 7.05. The van der Waals surface area contributed by atoms with Gasteiger partial charge in [-0.05, 0) is 44.5 Å².